The Kier molecular flexibility index (Phi) is 7.39. The van der Waals surface area contributed by atoms with E-state index in [-0.39, 0.29) is 41.5 Å². The Morgan fingerprint density at radius 3 is 2.81 bits per heavy atom. The van der Waals surface area contributed by atoms with Crippen LogP contribution in [0.25, 0.3) is 22.4 Å². The minimum absolute atomic E-state index is 0.117. The molecule has 7 nitrogen and oxygen atoms in total. The molecule has 0 spiro atoms. The van der Waals surface area contributed by atoms with Gasteiger partial charge in [-0.05, 0) is 37.7 Å². The Morgan fingerprint density at radius 2 is 2.11 bits per heavy atom. The van der Waals surface area contributed by atoms with Gasteiger partial charge in [0.2, 0.25) is 0 Å². The van der Waals surface area contributed by atoms with Crippen molar-refractivity contribution in [1.82, 2.24) is 25.4 Å². The highest BCUT2D eigenvalue weighted by molar-refractivity contribution is 6.01. The van der Waals surface area contributed by atoms with Gasteiger partial charge in [-0.1, -0.05) is 24.8 Å². The van der Waals surface area contributed by atoms with Gasteiger partial charge >= 0.3 is 6.18 Å². The number of allylic oxidation sites excluding steroid dienone is 1. The molecular weight excluding hydrogens is 476 g/mol. The summed E-state index contributed by atoms with van der Waals surface area (Å²) < 4.78 is 55.5. The van der Waals surface area contributed by atoms with Crippen LogP contribution in [0.5, 0.6) is 0 Å². The standard InChI is InChI=1S/C25H26F4N6O/c1-15(25(27,28)29)23-17-6-3-7-20(33-21-9-12-35(2)14-19(21)26)18(17)13-16(32-23)5-4-10-30-24(36)22-8-11-31-34-22/h3-8,11,13,19,21,33H,1,9-10,12,14H2,2H3,(H,30,36)(H,31,34)/b5-4+/t19-,21+/m0/s1. The van der Waals surface area contributed by atoms with Crippen molar-refractivity contribution in [1.29, 1.82) is 0 Å². The van der Waals surface area contributed by atoms with Crippen LogP contribution in [0.4, 0.5) is 23.2 Å². The molecule has 1 saturated heterocycles. The van der Waals surface area contributed by atoms with Crippen LogP contribution >= 0.6 is 0 Å². The number of rotatable bonds is 7. The number of aromatic amines is 1. The molecule has 36 heavy (non-hydrogen) atoms. The first-order valence-corrected chi connectivity index (χ1v) is 11.4. The second-order valence-electron chi connectivity index (χ2n) is 8.67. The van der Waals surface area contributed by atoms with Gasteiger partial charge in [0.1, 0.15) is 11.9 Å². The summed E-state index contributed by atoms with van der Waals surface area (Å²) in [6.45, 7) is 4.34. The molecule has 3 N–H and O–H groups in total. The molecule has 0 unspecified atom stereocenters. The summed E-state index contributed by atoms with van der Waals surface area (Å²) in [6, 6.07) is 7.55. The number of hydrogen-bond donors (Lipinski definition) is 3. The predicted molar refractivity (Wildman–Crippen MR) is 131 cm³/mol. The number of alkyl halides is 4. The van der Waals surface area contributed by atoms with E-state index < -0.39 is 24.0 Å². The zero-order valence-corrected chi connectivity index (χ0v) is 19.6. The summed E-state index contributed by atoms with van der Waals surface area (Å²) in [5.74, 6) is -0.375. The summed E-state index contributed by atoms with van der Waals surface area (Å²) in [7, 11) is 1.84. The minimum atomic E-state index is -4.68. The summed E-state index contributed by atoms with van der Waals surface area (Å²) in [6.07, 6.45) is -0.701. The predicted octanol–water partition coefficient (Wildman–Crippen LogP) is 4.43. The van der Waals surface area contributed by atoms with Gasteiger partial charge in [-0.25, -0.2) is 9.37 Å². The van der Waals surface area contributed by atoms with E-state index in [0.717, 1.165) is 0 Å². The van der Waals surface area contributed by atoms with Gasteiger partial charge in [-0.3, -0.25) is 9.89 Å². The van der Waals surface area contributed by atoms with E-state index in [1.165, 1.54) is 18.3 Å². The summed E-state index contributed by atoms with van der Waals surface area (Å²) >= 11 is 0. The van der Waals surface area contributed by atoms with Crippen LogP contribution in [0, 0.1) is 0 Å². The smallest absolute Gasteiger partial charge is 0.379 e. The average molecular weight is 503 g/mol. The summed E-state index contributed by atoms with van der Waals surface area (Å²) in [4.78, 5) is 18.1. The fraction of sp³-hybridized carbons (Fsp3) is 0.320. The number of nitrogens with zero attached hydrogens (tertiary/aromatic N) is 3. The third-order valence-corrected chi connectivity index (χ3v) is 6.02. The molecule has 0 radical (unpaired) electrons. The van der Waals surface area contributed by atoms with Crippen molar-refractivity contribution in [2.75, 3.05) is 32.0 Å². The number of carbonyl (C=O) groups is 1. The molecule has 1 aliphatic heterocycles. The molecule has 190 valence electrons. The molecule has 0 saturated carbocycles. The first-order chi connectivity index (χ1) is 17.1. The van der Waals surface area contributed by atoms with Crippen LogP contribution in [-0.4, -0.2) is 71.1 Å². The molecule has 0 bridgehead atoms. The number of H-pyrrole nitrogens is 1. The first kappa shape index (κ1) is 25.4. The SMILES string of the molecule is C=C(c1nc(/C=C/CNC(=O)c2ccn[nH]2)cc2c(N[C@@H]3CCN(C)C[C@@H]3F)cccc12)C(F)(F)F. The maximum absolute atomic E-state index is 14.7. The molecule has 1 aromatic carbocycles. The number of benzene rings is 1. The first-order valence-electron chi connectivity index (χ1n) is 11.4. The maximum atomic E-state index is 14.7. The third kappa shape index (κ3) is 5.73. The number of anilines is 1. The molecule has 2 atom stereocenters. The van der Waals surface area contributed by atoms with Gasteiger partial charge in [0.05, 0.1) is 23.0 Å². The van der Waals surface area contributed by atoms with Crippen molar-refractivity contribution in [3.8, 4) is 0 Å². The topological polar surface area (TPSA) is 85.9 Å². The second kappa shape index (κ2) is 10.5. The number of nitrogens with one attached hydrogen (secondary N) is 3. The van der Waals surface area contributed by atoms with Gasteiger partial charge in [0.25, 0.3) is 5.91 Å². The van der Waals surface area contributed by atoms with Gasteiger partial charge in [-0.15, -0.1) is 0 Å². The van der Waals surface area contributed by atoms with E-state index in [0.29, 0.717) is 24.0 Å². The van der Waals surface area contributed by atoms with Crippen molar-refractivity contribution < 1.29 is 22.4 Å². The Morgan fingerprint density at radius 1 is 1.31 bits per heavy atom. The number of piperidine rings is 1. The molecule has 1 amide bonds. The molecule has 2 aromatic heterocycles. The van der Waals surface area contributed by atoms with Crippen molar-refractivity contribution in [3.63, 3.8) is 0 Å². The highest BCUT2D eigenvalue weighted by atomic mass is 19.4. The number of aromatic nitrogens is 3. The Balaban J connectivity index is 1.65. The molecule has 11 heteroatoms. The van der Waals surface area contributed by atoms with E-state index in [9.17, 15) is 22.4 Å². The zero-order chi connectivity index (χ0) is 25.9. The van der Waals surface area contributed by atoms with Crippen LogP contribution < -0.4 is 10.6 Å². The number of fused-ring (bicyclic) bond motifs is 1. The number of carbonyl (C=O) groups excluding carboxylic acids is 1. The molecule has 3 aromatic rings. The Labute approximate surface area is 205 Å². The number of amides is 1. The highest BCUT2D eigenvalue weighted by Gasteiger charge is 2.35. The minimum Gasteiger partial charge on any atom is -0.379 e. The number of pyridine rings is 1. The van der Waals surface area contributed by atoms with Crippen molar-refractivity contribution in [3.05, 3.63) is 66.3 Å². The molecule has 3 heterocycles. The van der Waals surface area contributed by atoms with Crippen LogP contribution in [-0.2, 0) is 0 Å². The molecule has 1 aliphatic rings. The van der Waals surface area contributed by atoms with E-state index >= 15 is 0 Å². The Bertz CT molecular complexity index is 1270. The fourth-order valence-electron chi connectivity index (χ4n) is 4.10. The molecular formula is C25H26F4N6O. The van der Waals surface area contributed by atoms with Crippen molar-refractivity contribution in [2.45, 2.75) is 24.8 Å². The lowest BCUT2D eigenvalue weighted by molar-refractivity contribution is -0.0688. The average Bonchev–Trinajstić information content (AvgIpc) is 3.37. The molecule has 1 fully saturated rings. The highest BCUT2D eigenvalue weighted by Crippen LogP contribution is 2.37. The van der Waals surface area contributed by atoms with Crippen LogP contribution in [0.2, 0.25) is 0 Å². The second-order valence-corrected chi connectivity index (χ2v) is 8.67. The largest absolute Gasteiger partial charge is 0.417 e. The number of hydrogen-bond acceptors (Lipinski definition) is 5. The number of halogens is 4. The molecule has 4 rings (SSSR count). The fourth-order valence-corrected chi connectivity index (χ4v) is 4.10. The van der Waals surface area contributed by atoms with Gasteiger partial charge in [0, 0.05) is 42.3 Å². The quantitative estimate of drug-likeness (QED) is 0.416. The number of likely N-dealkylation sites (tertiary alicyclic amines) is 1. The van der Waals surface area contributed by atoms with Crippen molar-refractivity contribution in [2.24, 2.45) is 0 Å². The van der Waals surface area contributed by atoms with E-state index in [2.05, 4.69) is 32.4 Å². The van der Waals surface area contributed by atoms with Gasteiger partial charge in [-0.2, -0.15) is 18.3 Å². The van der Waals surface area contributed by atoms with Gasteiger partial charge < -0.3 is 15.5 Å². The summed E-state index contributed by atoms with van der Waals surface area (Å²) in [5, 5.41) is 12.8. The lowest BCUT2D eigenvalue weighted by Gasteiger charge is -2.33. The van der Waals surface area contributed by atoms with Crippen LogP contribution in [0.1, 0.15) is 28.3 Å². The van der Waals surface area contributed by atoms with Crippen LogP contribution in [0.3, 0.4) is 0 Å². The van der Waals surface area contributed by atoms with Crippen LogP contribution in [0.15, 0.2) is 49.2 Å². The summed E-state index contributed by atoms with van der Waals surface area (Å²) in [5.41, 5.74) is -0.328. The van der Waals surface area contributed by atoms with E-state index in [4.69, 9.17) is 0 Å². The third-order valence-electron chi connectivity index (χ3n) is 6.02. The monoisotopic (exact) mass is 502 g/mol. The Hall–Kier alpha value is -3.73. The van der Waals surface area contributed by atoms with E-state index in [1.54, 1.807) is 30.3 Å². The lowest BCUT2D eigenvalue weighted by atomic mass is 9.99. The van der Waals surface area contributed by atoms with Gasteiger partial charge in [0.15, 0.2) is 0 Å². The lowest BCUT2D eigenvalue weighted by Crippen LogP contribution is -2.46. The maximum Gasteiger partial charge on any atom is 0.417 e. The normalized spacial score (nSPS) is 19.0. The van der Waals surface area contributed by atoms with E-state index in [1.807, 2.05) is 11.9 Å². The zero-order valence-electron chi connectivity index (χ0n) is 19.6. The van der Waals surface area contributed by atoms with Crippen molar-refractivity contribution >= 4 is 34.0 Å². The molecule has 0 aliphatic carbocycles.